The summed E-state index contributed by atoms with van der Waals surface area (Å²) in [5.74, 6) is -0.469. The number of aryl methyl sites for hydroxylation is 1. The Labute approximate surface area is 184 Å². The largest absolute Gasteiger partial charge is 0.347 e. The monoisotopic (exact) mass is 431 g/mol. The van der Waals surface area contributed by atoms with Crippen molar-refractivity contribution in [2.45, 2.75) is 6.92 Å². The lowest BCUT2D eigenvalue weighted by Gasteiger charge is -2.11. The zero-order valence-electron chi connectivity index (χ0n) is 18.0. The van der Waals surface area contributed by atoms with Gasteiger partial charge in [-0.1, -0.05) is 24.3 Å². The Balaban J connectivity index is 1.66. The molecular formula is C24H22FN5O2. The van der Waals surface area contributed by atoms with Crippen LogP contribution < -0.4 is 5.32 Å². The molecule has 0 saturated heterocycles. The third-order valence-electron chi connectivity index (χ3n) is 5.20. The number of benzene rings is 2. The Kier molecular flexibility index (Phi) is 5.68. The summed E-state index contributed by atoms with van der Waals surface area (Å²) in [4.78, 5) is 34.5. The van der Waals surface area contributed by atoms with E-state index in [-0.39, 0.29) is 24.2 Å². The molecule has 162 valence electrons. The molecule has 1 N–H and O–H groups in total. The minimum Gasteiger partial charge on any atom is -0.347 e. The molecule has 32 heavy (non-hydrogen) atoms. The second kappa shape index (κ2) is 8.58. The highest BCUT2D eigenvalue weighted by Crippen LogP contribution is 2.26. The summed E-state index contributed by atoms with van der Waals surface area (Å²) in [7, 11) is 3.27. The zero-order valence-corrected chi connectivity index (χ0v) is 18.0. The molecule has 4 aromatic rings. The van der Waals surface area contributed by atoms with E-state index in [2.05, 4.69) is 15.3 Å². The lowest BCUT2D eigenvalue weighted by molar-refractivity contribution is -0.127. The van der Waals surface area contributed by atoms with Crippen LogP contribution in [0, 0.1) is 12.7 Å². The van der Waals surface area contributed by atoms with Crippen LogP contribution in [0.2, 0.25) is 0 Å². The molecule has 2 amide bonds. The number of hydrogen-bond donors (Lipinski definition) is 1. The summed E-state index contributed by atoms with van der Waals surface area (Å²) in [6.45, 7) is 1.88. The summed E-state index contributed by atoms with van der Waals surface area (Å²) >= 11 is 0. The minimum atomic E-state index is -0.344. The maximum atomic E-state index is 14.1. The fourth-order valence-corrected chi connectivity index (χ4v) is 3.40. The van der Waals surface area contributed by atoms with Gasteiger partial charge in [0.15, 0.2) is 0 Å². The van der Waals surface area contributed by atoms with Crippen molar-refractivity contribution in [3.05, 3.63) is 78.0 Å². The van der Waals surface area contributed by atoms with Crippen molar-refractivity contribution in [3.63, 3.8) is 0 Å². The number of amides is 2. The van der Waals surface area contributed by atoms with Crippen LogP contribution in [0.4, 0.5) is 4.39 Å². The molecule has 0 aliphatic rings. The molecule has 2 aromatic carbocycles. The minimum absolute atomic E-state index is 0.0788. The number of nitrogens with one attached hydrogen (secondary N) is 1. The molecule has 0 aliphatic carbocycles. The van der Waals surface area contributed by atoms with Crippen molar-refractivity contribution in [2.24, 2.45) is 0 Å². The van der Waals surface area contributed by atoms with E-state index in [9.17, 15) is 14.0 Å². The summed E-state index contributed by atoms with van der Waals surface area (Å²) in [6, 6.07) is 11.8. The van der Waals surface area contributed by atoms with Crippen LogP contribution >= 0.6 is 0 Å². The van der Waals surface area contributed by atoms with Gasteiger partial charge in [-0.15, -0.1) is 0 Å². The molecule has 8 heteroatoms. The van der Waals surface area contributed by atoms with Gasteiger partial charge in [0.05, 0.1) is 12.1 Å². The Bertz CT molecular complexity index is 1310. The lowest BCUT2D eigenvalue weighted by Crippen LogP contribution is -2.36. The molecule has 0 bridgehead atoms. The van der Waals surface area contributed by atoms with Crippen LogP contribution in [0.1, 0.15) is 15.9 Å². The fourth-order valence-electron chi connectivity index (χ4n) is 3.40. The Hall–Kier alpha value is -4.07. The molecule has 0 saturated carbocycles. The first kappa shape index (κ1) is 21.2. The summed E-state index contributed by atoms with van der Waals surface area (Å²) in [5, 5.41) is 3.59. The van der Waals surface area contributed by atoms with E-state index in [1.54, 1.807) is 61.4 Å². The van der Waals surface area contributed by atoms with Crippen LogP contribution in [-0.2, 0) is 4.79 Å². The van der Waals surface area contributed by atoms with Crippen LogP contribution in [-0.4, -0.2) is 51.9 Å². The molecule has 0 unspecified atom stereocenters. The number of likely N-dealkylation sites (N-methyl/N-ethyl adjacent to an activating group) is 1. The van der Waals surface area contributed by atoms with Gasteiger partial charge in [0, 0.05) is 54.8 Å². The van der Waals surface area contributed by atoms with E-state index < -0.39 is 0 Å². The maximum Gasteiger partial charge on any atom is 0.251 e. The van der Waals surface area contributed by atoms with Crippen LogP contribution in [0.25, 0.3) is 28.0 Å². The normalized spacial score (nSPS) is 10.9. The first-order valence-electron chi connectivity index (χ1n) is 10.0. The average molecular weight is 431 g/mol. The highest BCUT2D eigenvalue weighted by atomic mass is 19.1. The van der Waals surface area contributed by atoms with Crippen molar-refractivity contribution in [3.8, 4) is 17.1 Å². The molecule has 4 rings (SSSR count). The molecule has 0 spiro atoms. The van der Waals surface area contributed by atoms with Crippen molar-refractivity contribution < 1.29 is 14.0 Å². The van der Waals surface area contributed by atoms with Crippen molar-refractivity contribution in [1.29, 1.82) is 0 Å². The van der Waals surface area contributed by atoms with Crippen molar-refractivity contribution in [1.82, 2.24) is 24.8 Å². The highest BCUT2D eigenvalue weighted by molar-refractivity contribution is 6.00. The van der Waals surface area contributed by atoms with E-state index >= 15 is 0 Å². The van der Waals surface area contributed by atoms with Crippen LogP contribution in [0.5, 0.6) is 0 Å². The SMILES string of the molecule is Cc1cn(-c2ncc(-c3ccccc3F)cn2)c2cc(C(=O)NCC(=O)N(C)C)ccc12. The van der Waals surface area contributed by atoms with Gasteiger partial charge in [-0.25, -0.2) is 14.4 Å². The quantitative estimate of drug-likeness (QED) is 0.526. The fraction of sp³-hybridized carbons (Fsp3) is 0.167. The molecule has 0 fully saturated rings. The van der Waals surface area contributed by atoms with Gasteiger partial charge in [0.25, 0.3) is 5.91 Å². The van der Waals surface area contributed by atoms with Crippen molar-refractivity contribution >= 4 is 22.7 Å². The van der Waals surface area contributed by atoms with E-state index in [0.29, 0.717) is 22.6 Å². The third kappa shape index (κ3) is 4.07. The van der Waals surface area contributed by atoms with E-state index in [4.69, 9.17) is 0 Å². The van der Waals surface area contributed by atoms with Gasteiger partial charge in [-0.3, -0.25) is 14.2 Å². The second-order valence-corrected chi connectivity index (χ2v) is 7.64. The topological polar surface area (TPSA) is 80.1 Å². The molecular weight excluding hydrogens is 409 g/mol. The Morgan fingerprint density at radius 3 is 2.50 bits per heavy atom. The first-order chi connectivity index (χ1) is 15.3. The predicted molar refractivity (Wildman–Crippen MR) is 120 cm³/mol. The molecule has 2 heterocycles. The van der Waals surface area contributed by atoms with Crippen LogP contribution in [0.15, 0.2) is 61.1 Å². The molecule has 7 nitrogen and oxygen atoms in total. The molecule has 0 atom stereocenters. The molecule has 2 aromatic heterocycles. The maximum absolute atomic E-state index is 14.1. The second-order valence-electron chi connectivity index (χ2n) is 7.64. The standard InChI is InChI=1S/C24H22FN5O2/c1-15-14-30(24-27-11-17(12-28-24)19-6-4-5-7-20(19)25)21-10-16(8-9-18(15)21)23(32)26-13-22(31)29(2)3/h4-12,14H,13H2,1-3H3,(H,26,32). The number of nitrogens with zero attached hydrogens (tertiary/aromatic N) is 4. The average Bonchev–Trinajstić information content (AvgIpc) is 3.13. The number of carbonyl (C=O) groups excluding carboxylic acids is 2. The van der Waals surface area contributed by atoms with Gasteiger partial charge in [0.1, 0.15) is 5.82 Å². The first-order valence-corrected chi connectivity index (χ1v) is 10.0. The number of carbonyl (C=O) groups is 2. The number of fused-ring (bicyclic) bond motifs is 1. The van der Waals surface area contributed by atoms with E-state index in [1.807, 2.05) is 19.2 Å². The molecule has 0 radical (unpaired) electrons. The van der Waals surface area contributed by atoms with Crippen LogP contribution in [0.3, 0.4) is 0 Å². The smallest absolute Gasteiger partial charge is 0.251 e. The van der Waals surface area contributed by atoms with Crippen molar-refractivity contribution in [2.75, 3.05) is 20.6 Å². The zero-order chi connectivity index (χ0) is 22.8. The van der Waals surface area contributed by atoms with Gasteiger partial charge in [-0.05, 0) is 30.7 Å². The molecule has 0 aliphatic heterocycles. The van der Waals surface area contributed by atoms with Gasteiger partial charge < -0.3 is 10.2 Å². The number of hydrogen-bond acceptors (Lipinski definition) is 4. The number of halogens is 1. The third-order valence-corrected chi connectivity index (χ3v) is 5.20. The van der Waals surface area contributed by atoms with Gasteiger partial charge >= 0.3 is 0 Å². The van der Waals surface area contributed by atoms with E-state index in [0.717, 1.165) is 16.5 Å². The van der Waals surface area contributed by atoms with Gasteiger partial charge in [0.2, 0.25) is 11.9 Å². The highest BCUT2D eigenvalue weighted by Gasteiger charge is 2.15. The van der Waals surface area contributed by atoms with E-state index in [1.165, 1.54) is 11.0 Å². The Morgan fingerprint density at radius 2 is 1.81 bits per heavy atom. The summed E-state index contributed by atoms with van der Waals surface area (Å²) < 4.78 is 15.9. The van der Waals surface area contributed by atoms with Gasteiger partial charge in [-0.2, -0.15) is 0 Å². The predicted octanol–water partition coefficient (Wildman–Crippen LogP) is 3.35. The Morgan fingerprint density at radius 1 is 1.09 bits per heavy atom. The number of aromatic nitrogens is 3. The number of rotatable bonds is 5. The lowest BCUT2D eigenvalue weighted by atomic mass is 10.1. The summed E-state index contributed by atoms with van der Waals surface area (Å²) in [5.41, 5.74) is 3.18. The summed E-state index contributed by atoms with van der Waals surface area (Å²) in [6.07, 6.45) is 5.04.